The maximum atomic E-state index is 12.8. The first kappa shape index (κ1) is 17.6. The fourth-order valence-electron chi connectivity index (χ4n) is 3.03. The maximum Gasteiger partial charge on any atom is 0.232 e. The third-order valence-corrected chi connectivity index (χ3v) is 4.25. The number of benzene rings is 2. The molecule has 7 heteroatoms. The number of rotatable bonds is 5. The summed E-state index contributed by atoms with van der Waals surface area (Å²) in [6.45, 7) is 0. The standard InChI is InChI=1S/C19H20N2O5/c1-24-15-8-11(9-16(25-2)18(15)26-3)20-19(23)13-10-17(22)21-14-7-5-4-6-12(13)14/h4-9,13H,10H2,1-3H3,(H,20,23)(H,21,22). The van der Waals surface area contributed by atoms with E-state index in [2.05, 4.69) is 10.6 Å². The van der Waals surface area contributed by atoms with Crippen LogP contribution in [0.3, 0.4) is 0 Å². The van der Waals surface area contributed by atoms with Gasteiger partial charge < -0.3 is 24.8 Å². The van der Waals surface area contributed by atoms with Gasteiger partial charge in [0.25, 0.3) is 0 Å². The van der Waals surface area contributed by atoms with Crippen LogP contribution in [0.15, 0.2) is 36.4 Å². The molecule has 2 amide bonds. The first-order valence-electron chi connectivity index (χ1n) is 8.07. The smallest absolute Gasteiger partial charge is 0.232 e. The Hall–Kier alpha value is -3.22. The summed E-state index contributed by atoms with van der Waals surface area (Å²) in [6.07, 6.45) is 0.0905. The second-order valence-electron chi connectivity index (χ2n) is 5.80. The Bertz CT molecular complexity index is 825. The van der Waals surface area contributed by atoms with Crippen LogP contribution in [0.4, 0.5) is 11.4 Å². The molecule has 3 rings (SSSR count). The van der Waals surface area contributed by atoms with Gasteiger partial charge in [-0.2, -0.15) is 0 Å². The summed E-state index contributed by atoms with van der Waals surface area (Å²) in [4.78, 5) is 24.8. The predicted octanol–water partition coefficient (Wildman–Crippen LogP) is 2.78. The van der Waals surface area contributed by atoms with E-state index in [0.717, 1.165) is 5.56 Å². The SMILES string of the molecule is COc1cc(NC(=O)C2CC(=O)Nc3ccccc32)cc(OC)c1OC. The summed E-state index contributed by atoms with van der Waals surface area (Å²) in [5, 5.41) is 5.62. The van der Waals surface area contributed by atoms with Gasteiger partial charge in [0.15, 0.2) is 11.5 Å². The van der Waals surface area contributed by atoms with Crippen LogP contribution in [0.5, 0.6) is 17.2 Å². The summed E-state index contributed by atoms with van der Waals surface area (Å²) < 4.78 is 15.9. The second-order valence-corrected chi connectivity index (χ2v) is 5.80. The third-order valence-electron chi connectivity index (χ3n) is 4.25. The van der Waals surface area contributed by atoms with E-state index in [-0.39, 0.29) is 18.2 Å². The van der Waals surface area contributed by atoms with Gasteiger partial charge in [-0.1, -0.05) is 18.2 Å². The van der Waals surface area contributed by atoms with E-state index in [4.69, 9.17) is 14.2 Å². The Morgan fingerprint density at radius 1 is 1.08 bits per heavy atom. The molecule has 1 aliphatic heterocycles. The molecule has 1 heterocycles. The lowest BCUT2D eigenvalue weighted by Crippen LogP contribution is -2.30. The minimum absolute atomic E-state index is 0.0905. The van der Waals surface area contributed by atoms with Gasteiger partial charge in [-0.15, -0.1) is 0 Å². The van der Waals surface area contributed by atoms with Crippen LogP contribution in [0.1, 0.15) is 17.9 Å². The van der Waals surface area contributed by atoms with Crippen LogP contribution >= 0.6 is 0 Å². The molecular formula is C19H20N2O5. The number of hydrogen-bond donors (Lipinski definition) is 2. The molecule has 1 atom stereocenters. The van der Waals surface area contributed by atoms with E-state index < -0.39 is 5.92 Å². The lowest BCUT2D eigenvalue weighted by molar-refractivity contribution is -0.123. The van der Waals surface area contributed by atoms with Crippen molar-refractivity contribution in [2.24, 2.45) is 0 Å². The molecule has 0 saturated carbocycles. The zero-order valence-electron chi connectivity index (χ0n) is 14.8. The van der Waals surface area contributed by atoms with Gasteiger partial charge in [-0.05, 0) is 11.6 Å². The molecule has 136 valence electrons. The molecule has 0 fully saturated rings. The zero-order valence-corrected chi connectivity index (χ0v) is 14.8. The third kappa shape index (κ3) is 3.28. The molecule has 1 unspecified atom stereocenters. The number of methoxy groups -OCH3 is 3. The van der Waals surface area contributed by atoms with Gasteiger partial charge in [-0.25, -0.2) is 0 Å². The fourth-order valence-corrected chi connectivity index (χ4v) is 3.03. The van der Waals surface area contributed by atoms with Crippen molar-refractivity contribution < 1.29 is 23.8 Å². The van der Waals surface area contributed by atoms with Crippen LogP contribution < -0.4 is 24.8 Å². The van der Waals surface area contributed by atoms with Crippen molar-refractivity contribution in [3.8, 4) is 17.2 Å². The number of fused-ring (bicyclic) bond motifs is 1. The molecule has 0 bridgehead atoms. The number of anilines is 2. The Labute approximate surface area is 151 Å². The number of carbonyl (C=O) groups is 2. The van der Waals surface area contributed by atoms with E-state index in [1.54, 1.807) is 18.2 Å². The van der Waals surface area contributed by atoms with E-state index >= 15 is 0 Å². The summed E-state index contributed by atoms with van der Waals surface area (Å²) >= 11 is 0. The highest BCUT2D eigenvalue weighted by atomic mass is 16.5. The molecule has 2 aromatic carbocycles. The van der Waals surface area contributed by atoms with Crippen molar-refractivity contribution in [2.45, 2.75) is 12.3 Å². The van der Waals surface area contributed by atoms with Crippen molar-refractivity contribution in [3.05, 3.63) is 42.0 Å². The molecule has 0 aromatic heterocycles. The summed E-state index contributed by atoms with van der Waals surface area (Å²) in [7, 11) is 4.52. The highest BCUT2D eigenvalue weighted by Gasteiger charge is 2.30. The number of para-hydroxylation sites is 1. The molecule has 0 aliphatic carbocycles. The summed E-state index contributed by atoms with van der Waals surface area (Å²) in [5.74, 6) is 0.276. The predicted molar refractivity (Wildman–Crippen MR) is 97.2 cm³/mol. The zero-order chi connectivity index (χ0) is 18.7. The normalized spacial score (nSPS) is 15.5. The number of carbonyl (C=O) groups excluding carboxylic acids is 2. The fraction of sp³-hybridized carbons (Fsp3) is 0.263. The van der Waals surface area contributed by atoms with Gasteiger partial charge >= 0.3 is 0 Å². The maximum absolute atomic E-state index is 12.8. The molecule has 0 radical (unpaired) electrons. The Morgan fingerprint density at radius 2 is 1.73 bits per heavy atom. The van der Waals surface area contributed by atoms with Crippen LogP contribution in [-0.2, 0) is 9.59 Å². The second kappa shape index (κ2) is 7.35. The number of ether oxygens (including phenoxy) is 3. The van der Waals surface area contributed by atoms with Crippen LogP contribution in [0.25, 0.3) is 0 Å². The van der Waals surface area contributed by atoms with Gasteiger partial charge in [-0.3, -0.25) is 9.59 Å². The summed E-state index contributed by atoms with van der Waals surface area (Å²) in [5.41, 5.74) is 1.94. The molecule has 0 saturated heterocycles. The topological polar surface area (TPSA) is 85.9 Å². The first-order chi connectivity index (χ1) is 12.6. The van der Waals surface area contributed by atoms with E-state index in [1.165, 1.54) is 21.3 Å². The van der Waals surface area contributed by atoms with Crippen molar-refractivity contribution in [1.82, 2.24) is 0 Å². The minimum Gasteiger partial charge on any atom is -0.493 e. The van der Waals surface area contributed by atoms with Gasteiger partial charge in [0.05, 0.1) is 27.2 Å². The van der Waals surface area contributed by atoms with Crippen LogP contribution in [0.2, 0.25) is 0 Å². The van der Waals surface area contributed by atoms with Crippen LogP contribution in [0, 0.1) is 0 Å². The Balaban J connectivity index is 1.90. The largest absolute Gasteiger partial charge is 0.493 e. The minimum atomic E-state index is -0.570. The lowest BCUT2D eigenvalue weighted by Gasteiger charge is -2.25. The van der Waals surface area contributed by atoms with E-state index in [1.807, 2.05) is 18.2 Å². The highest BCUT2D eigenvalue weighted by Crippen LogP contribution is 2.40. The van der Waals surface area contributed by atoms with E-state index in [0.29, 0.717) is 28.6 Å². The number of nitrogens with one attached hydrogen (secondary N) is 2. The van der Waals surface area contributed by atoms with Crippen molar-refractivity contribution in [3.63, 3.8) is 0 Å². The molecule has 26 heavy (non-hydrogen) atoms. The monoisotopic (exact) mass is 356 g/mol. The number of amides is 2. The molecule has 2 N–H and O–H groups in total. The lowest BCUT2D eigenvalue weighted by atomic mass is 9.90. The molecule has 1 aliphatic rings. The highest BCUT2D eigenvalue weighted by molar-refractivity contribution is 6.05. The van der Waals surface area contributed by atoms with Gasteiger partial charge in [0.2, 0.25) is 17.6 Å². The van der Waals surface area contributed by atoms with E-state index in [9.17, 15) is 9.59 Å². The van der Waals surface area contributed by atoms with Gasteiger partial charge in [0.1, 0.15) is 0 Å². The quantitative estimate of drug-likeness (QED) is 0.860. The van der Waals surface area contributed by atoms with Crippen molar-refractivity contribution >= 4 is 23.2 Å². The number of hydrogen-bond acceptors (Lipinski definition) is 5. The molecule has 2 aromatic rings. The summed E-state index contributed by atoms with van der Waals surface area (Å²) in [6, 6.07) is 10.6. The van der Waals surface area contributed by atoms with Gasteiger partial charge in [0, 0.05) is 29.9 Å². The van der Waals surface area contributed by atoms with Crippen molar-refractivity contribution in [1.29, 1.82) is 0 Å². The average molecular weight is 356 g/mol. The average Bonchev–Trinajstić information content (AvgIpc) is 2.66. The Morgan fingerprint density at radius 3 is 2.35 bits per heavy atom. The first-order valence-corrected chi connectivity index (χ1v) is 8.07. The Kier molecular flexibility index (Phi) is 4.97. The van der Waals surface area contributed by atoms with Crippen LogP contribution in [-0.4, -0.2) is 33.1 Å². The molecule has 0 spiro atoms. The molecular weight excluding hydrogens is 336 g/mol. The van der Waals surface area contributed by atoms with Crippen molar-refractivity contribution in [2.75, 3.05) is 32.0 Å². The molecule has 7 nitrogen and oxygen atoms in total.